The molecule has 0 bridgehead atoms. The Morgan fingerprint density at radius 2 is 2.03 bits per heavy atom. The van der Waals surface area contributed by atoms with Gasteiger partial charge in [0.15, 0.2) is 11.7 Å². The largest absolute Gasteiger partial charge is 0.494 e. The Bertz CT molecular complexity index is 1190. The summed E-state index contributed by atoms with van der Waals surface area (Å²) in [4.78, 5) is 28.1. The fourth-order valence-electron chi connectivity index (χ4n) is 4.94. The Morgan fingerprint density at radius 1 is 1.25 bits per heavy atom. The lowest BCUT2D eigenvalue weighted by Crippen LogP contribution is -2.55. The van der Waals surface area contributed by atoms with Gasteiger partial charge in [-0.15, -0.1) is 0 Å². The number of anilines is 3. The molecule has 0 saturated carbocycles. The van der Waals surface area contributed by atoms with Crippen molar-refractivity contribution in [2.45, 2.75) is 53.7 Å². The lowest BCUT2D eigenvalue weighted by atomic mass is 9.90. The van der Waals surface area contributed by atoms with Crippen molar-refractivity contribution >= 4 is 46.6 Å². The number of hydrogen-bond donors (Lipinski definition) is 3. The number of nitrogens with zero attached hydrogens (tertiary/aromatic N) is 5. The summed E-state index contributed by atoms with van der Waals surface area (Å²) in [6.07, 6.45) is 6.32. The maximum atomic E-state index is 13.2. The van der Waals surface area contributed by atoms with E-state index in [-0.39, 0.29) is 23.8 Å². The van der Waals surface area contributed by atoms with Crippen LogP contribution in [0.1, 0.15) is 32.1 Å². The van der Waals surface area contributed by atoms with Gasteiger partial charge in [-0.05, 0) is 44.2 Å². The van der Waals surface area contributed by atoms with E-state index in [0.29, 0.717) is 58.9 Å². The van der Waals surface area contributed by atoms with Crippen LogP contribution in [0.4, 0.5) is 21.7 Å². The second-order valence-corrected chi connectivity index (χ2v) is 10.9. The molecule has 2 fully saturated rings. The Hall–Kier alpha value is -2.76. The number of aliphatic hydroxyl groups is 1. The predicted octanol–water partition coefficient (Wildman–Crippen LogP) is 3.69. The third-order valence-electron chi connectivity index (χ3n) is 7.06. The van der Waals surface area contributed by atoms with E-state index in [4.69, 9.17) is 23.1 Å². The van der Waals surface area contributed by atoms with Gasteiger partial charge in [0, 0.05) is 30.1 Å². The van der Waals surface area contributed by atoms with E-state index in [2.05, 4.69) is 9.97 Å². The van der Waals surface area contributed by atoms with Crippen LogP contribution in [0.5, 0.6) is 0 Å². The van der Waals surface area contributed by atoms with Gasteiger partial charge in [0.2, 0.25) is 0 Å². The van der Waals surface area contributed by atoms with Gasteiger partial charge in [-0.3, -0.25) is 9.69 Å². The molecular formula is C24H29ClFN7O2S. The zero-order valence-electron chi connectivity index (χ0n) is 19.7. The van der Waals surface area contributed by atoms with Gasteiger partial charge in [-0.1, -0.05) is 29.4 Å². The lowest BCUT2D eigenvalue weighted by Gasteiger charge is -2.45. The molecule has 5 rings (SSSR count). The third-order valence-corrected chi connectivity index (χ3v) is 8.64. The number of piperidine rings is 2. The number of amides is 1. The van der Waals surface area contributed by atoms with E-state index in [9.17, 15) is 14.3 Å². The van der Waals surface area contributed by atoms with Crippen molar-refractivity contribution in [1.29, 1.82) is 0 Å². The lowest BCUT2D eigenvalue weighted by molar-refractivity contribution is -0.117. The fraction of sp³-hybridized carbons (Fsp3) is 0.458. The molecule has 12 heteroatoms. The number of aliphatic hydroxyl groups excluding tert-OH is 1. The van der Waals surface area contributed by atoms with Crippen molar-refractivity contribution in [3.05, 3.63) is 41.4 Å². The highest BCUT2D eigenvalue weighted by Crippen LogP contribution is 2.42. The number of halogens is 2. The molecule has 36 heavy (non-hydrogen) atoms. The molecule has 2 saturated heterocycles. The molecule has 2 aromatic rings. The van der Waals surface area contributed by atoms with Gasteiger partial charge in [0.1, 0.15) is 23.7 Å². The van der Waals surface area contributed by atoms with Gasteiger partial charge in [-0.2, -0.15) is 0 Å². The number of alkyl halides is 1. The first-order valence-electron chi connectivity index (χ1n) is 12.0. The first-order valence-corrected chi connectivity index (χ1v) is 13.2. The predicted molar refractivity (Wildman–Crippen MR) is 139 cm³/mol. The molecule has 4 heterocycles. The first-order chi connectivity index (χ1) is 17.3. The summed E-state index contributed by atoms with van der Waals surface area (Å²) in [5.74, 6) is 0.579. The van der Waals surface area contributed by atoms with E-state index in [1.807, 2.05) is 21.9 Å². The van der Waals surface area contributed by atoms with Crippen molar-refractivity contribution in [2.75, 3.05) is 41.8 Å². The molecule has 1 unspecified atom stereocenters. The highest BCUT2D eigenvalue weighted by molar-refractivity contribution is 7.99. The molecule has 1 aromatic heterocycles. The van der Waals surface area contributed by atoms with Crippen LogP contribution in [-0.2, 0) is 4.79 Å². The average Bonchev–Trinajstić information content (AvgIpc) is 2.88. The molecule has 0 radical (unpaired) electrons. The minimum atomic E-state index is -0.772. The molecule has 1 aromatic carbocycles. The highest BCUT2D eigenvalue weighted by Gasteiger charge is 2.38. The summed E-state index contributed by atoms with van der Waals surface area (Å²) in [7, 11) is 0. The second kappa shape index (κ2) is 9.95. The minimum Gasteiger partial charge on any atom is -0.494 e. The van der Waals surface area contributed by atoms with E-state index >= 15 is 0 Å². The van der Waals surface area contributed by atoms with Crippen molar-refractivity contribution in [2.24, 2.45) is 5.73 Å². The van der Waals surface area contributed by atoms with E-state index in [1.54, 1.807) is 17.2 Å². The maximum absolute atomic E-state index is 13.2. The van der Waals surface area contributed by atoms with Crippen LogP contribution >= 0.6 is 23.4 Å². The number of hydrogen-bond acceptors (Lipinski definition) is 9. The zero-order chi connectivity index (χ0) is 25.4. The SMILES string of the molecule is Nc1nc(N2CCC(N)(CF)CC2)cnc1Sc1cccc(N2C(=O)C=C(O)N3CCCCC32)c1Cl. The van der Waals surface area contributed by atoms with E-state index < -0.39 is 12.2 Å². The standard InChI is InChI=1S/C24H29ClFN7O2S/c25-21-15(33-18-6-1-2-9-32(18)19(34)12-20(33)35)4-3-5-16(21)36-23-22(27)30-17(13-29-23)31-10-7-24(28,14-26)8-11-31/h3-5,12-13,18,34H,1-2,6-11,14,28H2,(H2,27,30). The number of carbonyl (C=O) groups excluding carboxylic acids is 1. The van der Waals surface area contributed by atoms with Crippen molar-refractivity contribution < 1.29 is 14.3 Å². The Morgan fingerprint density at radius 3 is 2.75 bits per heavy atom. The zero-order valence-corrected chi connectivity index (χ0v) is 21.3. The Labute approximate surface area is 218 Å². The first kappa shape index (κ1) is 24.9. The topological polar surface area (TPSA) is 125 Å². The Kier molecular flexibility index (Phi) is 6.88. The van der Waals surface area contributed by atoms with Crippen molar-refractivity contribution in [3.8, 4) is 0 Å². The average molecular weight is 534 g/mol. The van der Waals surface area contributed by atoms with E-state index in [0.717, 1.165) is 19.3 Å². The van der Waals surface area contributed by atoms with Crippen LogP contribution in [0, 0.1) is 0 Å². The van der Waals surface area contributed by atoms with Crippen LogP contribution in [0.3, 0.4) is 0 Å². The number of nitrogen functional groups attached to an aromatic ring is 1. The summed E-state index contributed by atoms with van der Waals surface area (Å²) in [6, 6.07) is 5.48. The van der Waals surface area contributed by atoms with Crippen LogP contribution in [0.15, 0.2) is 46.3 Å². The van der Waals surface area contributed by atoms with Crippen LogP contribution in [0.25, 0.3) is 0 Å². The maximum Gasteiger partial charge on any atom is 0.258 e. The van der Waals surface area contributed by atoms with Gasteiger partial charge >= 0.3 is 0 Å². The number of fused-ring (bicyclic) bond motifs is 1. The smallest absolute Gasteiger partial charge is 0.258 e. The number of rotatable bonds is 5. The van der Waals surface area contributed by atoms with Gasteiger partial charge in [-0.25, -0.2) is 14.4 Å². The minimum absolute atomic E-state index is 0.00120. The number of carbonyl (C=O) groups is 1. The molecule has 3 aliphatic heterocycles. The second-order valence-electron chi connectivity index (χ2n) is 9.47. The van der Waals surface area contributed by atoms with Crippen molar-refractivity contribution in [3.63, 3.8) is 0 Å². The van der Waals surface area contributed by atoms with Crippen LogP contribution in [0.2, 0.25) is 5.02 Å². The molecule has 0 spiro atoms. The summed E-state index contributed by atoms with van der Waals surface area (Å²) in [5.41, 5.74) is 12.1. The van der Waals surface area contributed by atoms with Crippen LogP contribution < -0.4 is 21.3 Å². The fourth-order valence-corrected chi connectivity index (χ4v) is 6.07. The quantitative estimate of drug-likeness (QED) is 0.527. The summed E-state index contributed by atoms with van der Waals surface area (Å²) in [6.45, 7) is 1.31. The molecule has 3 aliphatic rings. The molecule has 1 atom stereocenters. The normalized spacial score (nSPS) is 21.9. The summed E-state index contributed by atoms with van der Waals surface area (Å²) >= 11 is 8.09. The third kappa shape index (κ3) is 4.67. The van der Waals surface area contributed by atoms with Gasteiger partial charge in [0.25, 0.3) is 5.91 Å². The number of aromatic nitrogens is 2. The number of benzene rings is 1. The van der Waals surface area contributed by atoms with E-state index in [1.165, 1.54) is 17.8 Å². The molecule has 9 nitrogen and oxygen atoms in total. The van der Waals surface area contributed by atoms with Crippen LogP contribution in [-0.4, -0.2) is 63.9 Å². The Balaban J connectivity index is 1.36. The van der Waals surface area contributed by atoms with Gasteiger partial charge in [0.05, 0.1) is 23.0 Å². The summed E-state index contributed by atoms with van der Waals surface area (Å²) < 4.78 is 13.2. The molecule has 192 valence electrons. The highest BCUT2D eigenvalue weighted by atomic mass is 35.5. The molecule has 5 N–H and O–H groups in total. The van der Waals surface area contributed by atoms with Crippen molar-refractivity contribution in [1.82, 2.24) is 14.9 Å². The molecule has 1 amide bonds. The monoisotopic (exact) mass is 533 g/mol. The number of nitrogens with two attached hydrogens (primary N) is 2. The van der Waals surface area contributed by atoms with Gasteiger partial charge < -0.3 is 26.4 Å². The molecule has 0 aliphatic carbocycles. The molecular weight excluding hydrogens is 505 g/mol. The summed E-state index contributed by atoms with van der Waals surface area (Å²) in [5, 5.41) is 11.2.